The molecule has 30 heavy (non-hydrogen) atoms. The number of benzene rings is 2. The summed E-state index contributed by atoms with van der Waals surface area (Å²) in [4.78, 5) is 15.1. The second-order valence-corrected chi connectivity index (χ2v) is 8.67. The molecule has 0 atom stereocenters. The number of carbonyl (C=O) groups is 1. The number of fused-ring (bicyclic) bond motifs is 1. The summed E-state index contributed by atoms with van der Waals surface area (Å²) in [6.07, 6.45) is 8.39. The number of carbonyl (C=O) groups excluding carboxylic acids is 1. The van der Waals surface area contributed by atoms with E-state index < -0.39 is 0 Å². The molecule has 158 valence electrons. The lowest BCUT2D eigenvalue weighted by Crippen LogP contribution is -2.39. The predicted octanol–water partition coefficient (Wildman–Crippen LogP) is 4.73. The average Bonchev–Trinajstić information content (AvgIpc) is 3.16. The van der Waals surface area contributed by atoms with Crippen LogP contribution in [0.25, 0.3) is 10.9 Å². The van der Waals surface area contributed by atoms with Crippen molar-refractivity contribution in [3.8, 4) is 0 Å². The van der Waals surface area contributed by atoms with E-state index in [0.717, 1.165) is 23.0 Å². The van der Waals surface area contributed by atoms with Crippen LogP contribution in [0.4, 0.5) is 0 Å². The van der Waals surface area contributed by atoms with Crippen LogP contribution in [0.2, 0.25) is 5.02 Å². The number of rotatable bonds is 7. The molecule has 6 heteroatoms. The number of hydrogen-bond acceptors (Lipinski definition) is 3. The van der Waals surface area contributed by atoms with Crippen molar-refractivity contribution in [1.29, 1.82) is 0 Å². The Morgan fingerprint density at radius 3 is 2.83 bits per heavy atom. The van der Waals surface area contributed by atoms with Gasteiger partial charge in [-0.25, -0.2) is 0 Å². The fraction of sp³-hybridized carbons (Fsp3) is 0.417. The zero-order valence-electron chi connectivity index (χ0n) is 17.5. The highest BCUT2D eigenvalue weighted by Gasteiger charge is 2.18. The first-order valence-electron chi connectivity index (χ1n) is 10.8. The second-order valence-electron chi connectivity index (χ2n) is 8.23. The molecule has 1 aliphatic rings. The van der Waals surface area contributed by atoms with Crippen molar-refractivity contribution in [3.63, 3.8) is 0 Å². The minimum atomic E-state index is -0.0375. The summed E-state index contributed by atoms with van der Waals surface area (Å²) >= 11 is 6.10. The highest BCUT2D eigenvalue weighted by atomic mass is 35.5. The second kappa shape index (κ2) is 9.63. The molecule has 1 saturated carbocycles. The van der Waals surface area contributed by atoms with Gasteiger partial charge in [0.1, 0.15) is 0 Å². The number of hydrogen-bond donors (Lipinski definition) is 1. The minimum absolute atomic E-state index is 0.0375. The molecular weight excluding hydrogens is 396 g/mol. The normalized spacial score (nSPS) is 15.0. The van der Waals surface area contributed by atoms with Crippen LogP contribution >= 0.6 is 11.6 Å². The Kier molecular flexibility index (Phi) is 6.70. The zero-order valence-corrected chi connectivity index (χ0v) is 18.2. The fourth-order valence-electron chi connectivity index (χ4n) is 4.30. The van der Waals surface area contributed by atoms with Gasteiger partial charge in [-0.1, -0.05) is 49.1 Å². The summed E-state index contributed by atoms with van der Waals surface area (Å²) in [5.74, 6) is -0.0375. The SMILES string of the molecule is CN(CCNC(=O)c1ccc2cnn(Cc3cccc(Cl)c3)c2c1)C1CCCCC1. The van der Waals surface area contributed by atoms with Crippen molar-refractivity contribution in [2.24, 2.45) is 0 Å². The van der Waals surface area contributed by atoms with Crippen molar-refractivity contribution >= 4 is 28.4 Å². The van der Waals surface area contributed by atoms with E-state index >= 15 is 0 Å². The maximum absolute atomic E-state index is 12.7. The molecule has 2 aromatic carbocycles. The Bertz CT molecular complexity index is 1010. The summed E-state index contributed by atoms with van der Waals surface area (Å²) in [5.41, 5.74) is 2.69. The molecule has 1 fully saturated rings. The van der Waals surface area contributed by atoms with E-state index in [2.05, 4.69) is 22.4 Å². The van der Waals surface area contributed by atoms with E-state index in [4.69, 9.17) is 11.6 Å². The van der Waals surface area contributed by atoms with Gasteiger partial charge < -0.3 is 10.2 Å². The molecule has 1 amide bonds. The first kappa shape index (κ1) is 20.9. The Hall–Kier alpha value is -2.37. The van der Waals surface area contributed by atoms with Crippen molar-refractivity contribution in [1.82, 2.24) is 20.0 Å². The lowest BCUT2D eigenvalue weighted by Gasteiger charge is -2.31. The quantitative estimate of drug-likeness (QED) is 0.596. The van der Waals surface area contributed by atoms with Gasteiger partial charge in [0, 0.05) is 35.1 Å². The molecule has 0 unspecified atom stereocenters. The summed E-state index contributed by atoms with van der Waals surface area (Å²) in [5, 5.41) is 9.30. The third-order valence-corrected chi connectivity index (χ3v) is 6.31. The van der Waals surface area contributed by atoms with Gasteiger partial charge in [-0.3, -0.25) is 9.48 Å². The third-order valence-electron chi connectivity index (χ3n) is 6.08. The van der Waals surface area contributed by atoms with Crippen LogP contribution in [0, 0.1) is 0 Å². The van der Waals surface area contributed by atoms with Gasteiger partial charge >= 0.3 is 0 Å². The highest BCUT2D eigenvalue weighted by Crippen LogP contribution is 2.21. The van der Waals surface area contributed by atoms with Gasteiger partial charge in [-0.05, 0) is 49.7 Å². The van der Waals surface area contributed by atoms with Crippen molar-refractivity contribution in [3.05, 3.63) is 64.8 Å². The number of nitrogens with zero attached hydrogens (tertiary/aromatic N) is 3. The molecule has 0 bridgehead atoms. The smallest absolute Gasteiger partial charge is 0.251 e. The van der Waals surface area contributed by atoms with Crippen LogP contribution in [-0.4, -0.2) is 46.8 Å². The van der Waals surface area contributed by atoms with E-state index in [1.165, 1.54) is 32.1 Å². The number of likely N-dealkylation sites (N-methyl/N-ethyl adjacent to an activating group) is 1. The van der Waals surface area contributed by atoms with Crippen molar-refractivity contribution in [2.45, 2.75) is 44.7 Å². The molecule has 0 radical (unpaired) electrons. The largest absolute Gasteiger partial charge is 0.351 e. The number of nitrogens with one attached hydrogen (secondary N) is 1. The van der Waals surface area contributed by atoms with Gasteiger partial charge in [0.2, 0.25) is 0 Å². The van der Waals surface area contributed by atoms with Gasteiger partial charge in [0.15, 0.2) is 0 Å². The predicted molar refractivity (Wildman–Crippen MR) is 122 cm³/mol. The third kappa shape index (κ3) is 5.02. The van der Waals surface area contributed by atoms with Gasteiger partial charge in [0.05, 0.1) is 18.3 Å². The first-order chi connectivity index (χ1) is 14.6. The molecule has 5 nitrogen and oxygen atoms in total. The fourth-order valence-corrected chi connectivity index (χ4v) is 4.51. The molecule has 0 aliphatic heterocycles. The molecule has 0 saturated heterocycles. The van der Waals surface area contributed by atoms with E-state index in [1.54, 1.807) is 0 Å². The molecule has 4 rings (SSSR count). The zero-order chi connectivity index (χ0) is 20.9. The highest BCUT2D eigenvalue weighted by molar-refractivity contribution is 6.30. The van der Waals surface area contributed by atoms with Gasteiger partial charge in [-0.2, -0.15) is 5.10 Å². The molecule has 1 heterocycles. The Morgan fingerprint density at radius 1 is 1.20 bits per heavy atom. The van der Waals surface area contributed by atoms with Crippen LogP contribution in [0.15, 0.2) is 48.7 Å². The lowest BCUT2D eigenvalue weighted by molar-refractivity contribution is 0.0944. The molecule has 3 aromatic rings. The van der Waals surface area contributed by atoms with E-state index in [-0.39, 0.29) is 5.91 Å². The Balaban J connectivity index is 1.39. The van der Waals surface area contributed by atoms with Crippen molar-refractivity contribution < 1.29 is 4.79 Å². The summed E-state index contributed by atoms with van der Waals surface area (Å²) < 4.78 is 1.91. The Labute approximate surface area is 183 Å². The van der Waals surface area contributed by atoms with Crippen LogP contribution in [0.5, 0.6) is 0 Å². The molecular formula is C24H29ClN4O. The number of amides is 1. The standard InChI is InChI=1S/C24H29ClN4O/c1-28(22-8-3-2-4-9-22)13-12-26-24(30)19-10-11-20-16-27-29(23(20)15-19)17-18-6-5-7-21(25)14-18/h5-7,10-11,14-16,22H,2-4,8-9,12-13,17H2,1H3,(H,26,30). The van der Waals surface area contributed by atoms with Crippen molar-refractivity contribution in [2.75, 3.05) is 20.1 Å². The van der Waals surface area contributed by atoms with Crippen LogP contribution in [0.3, 0.4) is 0 Å². The summed E-state index contributed by atoms with van der Waals surface area (Å²) in [7, 11) is 2.17. The van der Waals surface area contributed by atoms with Crippen LogP contribution < -0.4 is 5.32 Å². The maximum atomic E-state index is 12.7. The average molecular weight is 425 g/mol. The van der Waals surface area contributed by atoms with E-state index in [0.29, 0.717) is 29.7 Å². The molecule has 0 spiro atoms. The molecule has 1 N–H and O–H groups in total. The topological polar surface area (TPSA) is 50.2 Å². The van der Waals surface area contributed by atoms with Crippen LogP contribution in [0.1, 0.15) is 48.0 Å². The monoisotopic (exact) mass is 424 g/mol. The van der Waals surface area contributed by atoms with Crippen LogP contribution in [-0.2, 0) is 6.54 Å². The molecule has 1 aliphatic carbocycles. The van der Waals surface area contributed by atoms with E-state index in [1.807, 2.05) is 53.3 Å². The minimum Gasteiger partial charge on any atom is -0.351 e. The number of aromatic nitrogens is 2. The van der Waals surface area contributed by atoms with Gasteiger partial charge in [0.25, 0.3) is 5.91 Å². The number of halogens is 1. The van der Waals surface area contributed by atoms with Gasteiger partial charge in [-0.15, -0.1) is 0 Å². The first-order valence-corrected chi connectivity index (χ1v) is 11.2. The van der Waals surface area contributed by atoms with E-state index in [9.17, 15) is 4.79 Å². The Morgan fingerprint density at radius 2 is 2.03 bits per heavy atom. The summed E-state index contributed by atoms with van der Waals surface area (Å²) in [6, 6.07) is 14.2. The summed E-state index contributed by atoms with van der Waals surface area (Å²) in [6.45, 7) is 2.15. The lowest BCUT2D eigenvalue weighted by atomic mass is 9.94. The maximum Gasteiger partial charge on any atom is 0.251 e. The molecule has 1 aromatic heterocycles.